The van der Waals surface area contributed by atoms with Gasteiger partial charge in [-0.05, 0) is 36.8 Å². The quantitative estimate of drug-likeness (QED) is 0.700. The first-order valence-corrected chi connectivity index (χ1v) is 7.67. The van der Waals surface area contributed by atoms with Gasteiger partial charge in [-0.1, -0.05) is 36.9 Å². The number of hydrogen-bond donors (Lipinski definition) is 2. The Morgan fingerprint density at radius 1 is 1.17 bits per heavy atom. The van der Waals surface area contributed by atoms with E-state index in [0.29, 0.717) is 5.69 Å². The van der Waals surface area contributed by atoms with Crippen molar-refractivity contribution in [2.75, 3.05) is 10.6 Å². The number of hydrogen-bond acceptors (Lipinski definition) is 4. The van der Waals surface area contributed by atoms with Crippen LogP contribution in [0.5, 0.6) is 0 Å². The minimum Gasteiger partial charge on any atom is -0.363 e. The SMILES string of the molecule is C=CC(=O)Nc1ccc2ncnc(N[C@@H](C)c3ccccc3)c2c1. The van der Waals surface area contributed by atoms with Crippen LogP contribution in [0.15, 0.2) is 67.5 Å². The summed E-state index contributed by atoms with van der Waals surface area (Å²) in [6, 6.07) is 15.8. The molecule has 0 spiro atoms. The van der Waals surface area contributed by atoms with E-state index in [9.17, 15) is 4.79 Å². The highest BCUT2D eigenvalue weighted by Crippen LogP contribution is 2.26. The normalized spacial score (nSPS) is 11.7. The maximum Gasteiger partial charge on any atom is 0.247 e. The lowest BCUT2D eigenvalue weighted by Crippen LogP contribution is -2.09. The van der Waals surface area contributed by atoms with Gasteiger partial charge in [0.1, 0.15) is 12.1 Å². The fraction of sp³-hybridized carbons (Fsp3) is 0.105. The Hall–Kier alpha value is -3.21. The van der Waals surface area contributed by atoms with Crippen LogP contribution in [0.3, 0.4) is 0 Å². The number of fused-ring (bicyclic) bond motifs is 1. The molecule has 24 heavy (non-hydrogen) atoms. The number of nitrogens with zero attached hydrogens (tertiary/aromatic N) is 2. The Balaban J connectivity index is 1.93. The van der Waals surface area contributed by atoms with Gasteiger partial charge in [0.25, 0.3) is 0 Å². The van der Waals surface area contributed by atoms with Crippen LogP contribution in [0.2, 0.25) is 0 Å². The van der Waals surface area contributed by atoms with Crippen LogP contribution in [0.25, 0.3) is 10.9 Å². The molecule has 1 aromatic heterocycles. The molecule has 3 aromatic rings. The highest BCUT2D eigenvalue weighted by atomic mass is 16.1. The summed E-state index contributed by atoms with van der Waals surface area (Å²) in [6.45, 7) is 5.54. The van der Waals surface area contributed by atoms with Gasteiger partial charge >= 0.3 is 0 Å². The highest BCUT2D eigenvalue weighted by molar-refractivity contribution is 6.01. The van der Waals surface area contributed by atoms with Crippen LogP contribution in [0.4, 0.5) is 11.5 Å². The third-order valence-corrected chi connectivity index (χ3v) is 3.74. The maximum atomic E-state index is 11.5. The third kappa shape index (κ3) is 3.41. The summed E-state index contributed by atoms with van der Waals surface area (Å²) in [5.74, 6) is 0.476. The van der Waals surface area contributed by atoms with E-state index < -0.39 is 0 Å². The summed E-state index contributed by atoms with van der Waals surface area (Å²) in [5, 5.41) is 7.02. The third-order valence-electron chi connectivity index (χ3n) is 3.74. The molecule has 0 saturated carbocycles. The molecular formula is C19H18N4O. The van der Waals surface area contributed by atoms with E-state index in [1.807, 2.05) is 30.3 Å². The lowest BCUT2D eigenvalue weighted by molar-refractivity contribution is -0.111. The minimum atomic E-state index is -0.252. The smallest absolute Gasteiger partial charge is 0.247 e. The molecule has 3 rings (SSSR count). The fourth-order valence-corrected chi connectivity index (χ4v) is 2.47. The Morgan fingerprint density at radius 2 is 1.96 bits per heavy atom. The van der Waals surface area contributed by atoms with Gasteiger partial charge in [-0.2, -0.15) is 0 Å². The van der Waals surface area contributed by atoms with E-state index in [1.54, 1.807) is 6.07 Å². The van der Waals surface area contributed by atoms with Crippen molar-refractivity contribution in [3.63, 3.8) is 0 Å². The first-order chi connectivity index (χ1) is 11.7. The number of anilines is 2. The predicted octanol–water partition coefficient (Wildman–Crippen LogP) is 3.93. The zero-order chi connectivity index (χ0) is 16.9. The second kappa shape index (κ2) is 6.91. The minimum absolute atomic E-state index is 0.0933. The zero-order valence-corrected chi connectivity index (χ0v) is 13.4. The highest BCUT2D eigenvalue weighted by Gasteiger charge is 2.10. The average Bonchev–Trinajstić information content (AvgIpc) is 2.62. The summed E-state index contributed by atoms with van der Waals surface area (Å²) in [5.41, 5.74) is 2.65. The van der Waals surface area contributed by atoms with Crippen molar-refractivity contribution in [2.45, 2.75) is 13.0 Å². The number of amides is 1. The van der Waals surface area contributed by atoms with Crippen molar-refractivity contribution in [1.29, 1.82) is 0 Å². The van der Waals surface area contributed by atoms with Gasteiger partial charge in [-0.15, -0.1) is 0 Å². The topological polar surface area (TPSA) is 66.9 Å². The van der Waals surface area contributed by atoms with Gasteiger partial charge in [0.15, 0.2) is 0 Å². The molecule has 0 radical (unpaired) electrons. The van der Waals surface area contributed by atoms with Crippen molar-refractivity contribution < 1.29 is 4.79 Å². The Labute approximate surface area is 140 Å². The van der Waals surface area contributed by atoms with Crippen molar-refractivity contribution >= 4 is 28.3 Å². The van der Waals surface area contributed by atoms with Gasteiger partial charge in [0.05, 0.1) is 5.52 Å². The van der Waals surface area contributed by atoms with Crippen molar-refractivity contribution in [1.82, 2.24) is 9.97 Å². The molecule has 1 heterocycles. The number of carbonyl (C=O) groups excluding carboxylic acids is 1. The molecular weight excluding hydrogens is 300 g/mol. The van der Waals surface area contributed by atoms with E-state index >= 15 is 0 Å². The van der Waals surface area contributed by atoms with E-state index in [-0.39, 0.29) is 11.9 Å². The van der Waals surface area contributed by atoms with Crippen molar-refractivity contribution in [2.24, 2.45) is 0 Å². The summed E-state index contributed by atoms with van der Waals surface area (Å²) in [7, 11) is 0. The molecule has 0 aliphatic heterocycles. The molecule has 0 bridgehead atoms. The van der Waals surface area contributed by atoms with Gasteiger partial charge < -0.3 is 10.6 Å². The number of rotatable bonds is 5. The lowest BCUT2D eigenvalue weighted by Gasteiger charge is -2.16. The number of aromatic nitrogens is 2. The van der Waals surface area contributed by atoms with Crippen LogP contribution in [0.1, 0.15) is 18.5 Å². The first kappa shape index (κ1) is 15.7. The van der Waals surface area contributed by atoms with Gasteiger partial charge in [0, 0.05) is 17.1 Å². The molecule has 0 fully saturated rings. The van der Waals surface area contributed by atoms with Gasteiger partial charge in [-0.3, -0.25) is 4.79 Å². The van der Waals surface area contributed by atoms with Crippen LogP contribution < -0.4 is 10.6 Å². The second-order valence-corrected chi connectivity index (χ2v) is 5.42. The molecule has 120 valence electrons. The first-order valence-electron chi connectivity index (χ1n) is 7.67. The molecule has 0 saturated heterocycles. The Kier molecular flexibility index (Phi) is 4.52. The van der Waals surface area contributed by atoms with Crippen molar-refractivity contribution in [3.8, 4) is 0 Å². The monoisotopic (exact) mass is 318 g/mol. The maximum absolute atomic E-state index is 11.5. The molecule has 5 nitrogen and oxygen atoms in total. The van der Waals surface area contributed by atoms with Crippen LogP contribution in [-0.4, -0.2) is 15.9 Å². The number of carbonyl (C=O) groups is 1. The summed E-state index contributed by atoms with van der Waals surface area (Å²) in [6.07, 6.45) is 2.77. The molecule has 0 unspecified atom stereocenters. The predicted molar refractivity (Wildman–Crippen MR) is 96.8 cm³/mol. The standard InChI is InChI=1S/C19H18N4O/c1-3-18(24)23-15-9-10-17-16(11-15)19(21-12-20-17)22-13(2)14-7-5-4-6-8-14/h3-13H,1H2,2H3,(H,23,24)(H,20,21,22)/t13-/m0/s1. The van der Waals surface area contributed by atoms with E-state index in [4.69, 9.17) is 0 Å². The van der Waals surface area contributed by atoms with Crippen LogP contribution in [-0.2, 0) is 4.79 Å². The lowest BCUT2D eigenvalue weighted by atomic mass is 10.1. The largest absolute Gasteiger partial charge is 0.363 e. The second-order valence-electron chi connectivity index (χ2n) is 5.42. The summed E-state index contributed by atoms with van der Waals surface area (Å²) in [4.78, 5) is 20.1. The number of benzene rings is 2. The molecule has 2 N–H and O–H groups in total. The van der Waals surface area contributed by atoms with E-state index in [0.717, 1.165) is 16.7 Å². The van der Waals surface area contributed by atoms with Crippen LogP contribution >= 0.6 is 0 Å². The molecule has 1 atom stereocenters. The average molecular weight is 318 g/mol. The van der Waals surface area contributed by atoms with E-state index in [2.05, 4.69) is 46.2 Å². The van der Waals surface area contributed by atoms with Gasteiger partial charge in [0.2, 0.25) is 5.91 Å². The Morgan fingerprint density at radius 3 is 2.71 bits per heavy atom. The summed E-state index contributed by atoms with van der Waals surface area (Å²) < 4.78 is 0. The van der Waals surface area contributed by atoms with Crippen molar-refractivity contribution in [3.05, 3.63) is 73.1 Å². The Bertz CT molecular complexity index is 877. The molecule has 0 aliphatic carbocycles. The zero-order valence-electron chi connectivity index (χ0n) is 13.4. The molecule has 5 heteroatoms. The molecule has 0 aliphatic rings. The molecule has 2 aromatic carbocycles. The van der Waals surface area contributed by atoms with Gasteiger partial charge in [-0.25, -0.2) is 9.97 Å². The van der Waals surface area contributed by atoms with Crippen LogP contribution in [0, 0.1) is 0 Å². The fourth-order valence-electron chi connectivity index (χ4n) is 2.47. The summed E-state index contributed by atoms with van der Waals surface area (Å²) >= 11 is 0. The number of nitrogens with one attached hydrogen (secondary N) is 2. The van der Waals surface area contributed by atoms with E-state index in [1.165, 1.54) is 18.0 Å². The molecule has 1 amide bonds.